The highest BCUT2D eigenvalue weighted by Crippen LogP contribution is 2.39. The van der Waals surface area contributed by atoms with Crippen LogP contribution in [0, 0.1) is 27.7 Å². The lowest BCUT2D eigenvalue weighted by atomic mass is 9.86. The Labute approximate surface area is 282 Å². The number of aryl methyl sites for hydroxylation is 3. The Morgan fingerprint density at radius 2 is 1.17 bits per heavy atom. The molecule has 252 valence electrons. The van der Waals surface area contributed by atoms with Gasteiger partial charge in [0.2, 0.25) is 0 Å². The average molecular weight is 651 g/mol. The van der Waals surface area contributed by atoms with Gasteiger partial charge in [0.1, 0.15) is 11.1 Å². The molecule has 4 heterocycles. The number of fused-ring (bicyclic) bond motifs is 6. The third-order valence-electron chi connectivity index (χ3n) is 9.92. The largest absolute Gasteiger partial charge is 0.462 e. The maximum Gasteiger partial charge on any atom is 0.343 e. The lowest BCUT2D eigenvalue weighted by Gasteiger charge is -2.31. The predicted molar refractivity (Wildman–Crippen MR) is 189 cm³/mol. The predicted octanol–water partition coefficient (Wildman–Crippen LogP) is 7.63. The van der Waals surface area contributed by atoms with Crippen molar-refractivity contribution in [1.82, 2.24) is 9.13 Å². The molecule has 0 saturated heterocycles. The van der Waals surface area contributed by atoms with Gasteiger partial charge in [-0.25, -0.2) is 9.59 Å². The van der Waals surface area contributed by atoms with Gasteiger partial charge in [0, 0.05) is 47.7 Å². The molecular formula is C40H46N2O6. The molecule has 2 aliphatic rings. The van der Waals surface area contributed by atoms with Gasteiger partial charge in [-0.2, -0.15) is 0 Å². The van der Waals surface area contributed by atoms with Crippen LogP contribution in [0.3, 0.4) is 0 Å². The summed E-state index contributed by atoms with van der Waals surface area (Å²) in [5, 5.41) is 0. The van der Waals surface area contributed by atoms with Crippen molar-refractivity contribution >= 4 is 11.9 Å². The lowest BCUT2D eigenvalue weighted by molar-refractivity contribution is 0.0514. The standard InChI is InChI=1S/2C20H23NO3/c1-5-15-9-14-7-12(3)13(4)8-16(14)18-10-19(22)17(11-21(15)18)20(23)24-6-2;1-5-14-9-16-13(4)12(3)7-8-15(16)18-10-19(22)17(11-21(14)18)20(23)24-6-2/h7-8,10-11,15H,5-6,9H2,1-4H3;7-8,10-11,14H,5-6,9H2,1-4H3. The van der Waals surface area contributed by atoms with Gasteiger partial charge in [0.15, 0.2) is 10.9 Å². The molecule has 8 nitrogen and oxygen atoms in total. The van der Waals surface area contributed by atoms with Crippen LogP contribution < -0.4 is 10.9 Å². The van der Waals surface area contributed by atoms with Crippen molar-refractivity contribution in [2.75, 3.05) is 13.2 Å². The molecule has 0 N–H and O–H groups in total. The Morgan fingerprint density at radius 1 is 0.667 bits per heavy atom. The maximum absolute atomic E-state index is 12.4. The minimum atomic E-state index is -0.543. The second-order valence-electron chi connectivity index (χ2n) is 12.8. The molecular weight excluding hydrogens is 604 g/mol. The summed E-state index contributed by atoms with van der Waals surface area (Å²) in [6, 6.07) is 12.2. The van der Waals surface area contributed by atoms with Crippen LogP contribution in [0.1, 0.15) is 107 Å². The van der Waals surface area contributed by atoms with Crippen molar-refractivity contribution in [3.05, 3.63) is 114 Å². The van der Waals surface area contributed by atoms with Crippen molar-refractivity contribution in [2.45, 2.75) is 93.2 Å². The number of aromatic nitrogens is 2. The van der Waals surface area contributed by atoms with Gasteiger partial charge in [0.05, 0.1) is 24.6 Å². The van der Waals surface area contributed by atoms with Gasteiger partial charge >= 0.3 is 11.9 Å². The minimum Gasteiger partial charge on any atom is -0.462 e. The molecule has 0 spiro atoms. The number of nitrogens with zero attached hydrogens (tertiary/aromatic N) is 2. The molecule has 2 aromatic heterocycles. The van der Waals surface area contributed by atoms with Gasteiger partial charge in [-0.15, -0.1) is 0 Å². The van der Waals surface area contributed by atoms with Crippen molar-refractivity contribution < 1.29 is 19.1 Å². The Morgan fingerprint density at radius 3 is 1.69 bits per heavy atom. The summed E-state index contributed by atoms with van der Waals surface area (Å²) in [5.41, 5.74) is 11.3. The van der Waals surface area contributed by atoms with E-state index in [1.807, 2.05) is 0 Å². The van der Waals surface area contributed by atoms with E-state index in [4.69, 9.17) is 9.47 Å². The SMILES string of the molecule is CCOC(=O)c1cn2c(cc1=O)-c1cc(C)c(C)cc1CC2CC.CCOC(=O)c1cn2c(cc1=O)-c1ccc(C)c(C)c1CC2CC. The van der Waals surface area contributed by atoms with Crippen molar-refractivity contribution in [3.8, 4) is 22.5 Å². The molecule has 0 aliphatic carbocycles. The van der Waals surface area contributed by atoms with Crippen LogP contribution in [0.5, 0.6) is 0 Å². The summed E-state index contributed by atoms with van der Waals surface area (Å²) < 4.78 is 14.2. The zero-order valence-electron chi connectivity index (χ0n) is 29.4. The molecule has 0 saturated carbocycles. The van der Waals surface area contributed by atoms with Crippen molar-refractivity contribution in [3.63, 3.8) is 0 Å². The second kappa shape index (κ2) is 14.2. The molecule has 0 bridgehead atoms. The number of carbonyl (C=O) groups is 2. The first-order valence-corrected chi connectivity index (χ1v) is 17.0. The Kier molecular flexibility index (Phi) is 10.2. The van der Waals surface area contributed by atoms with Crippen LogP contribution in [0.15, 0.2) is 58.4 Å². The molecule has 2 atom stereocenters. The van der Waals surface area contributed by atoms with E-state index in [-0.39, 0.29) is 47.3 Å². The van der Waals surface area contributed by atoms with Gasteiger partial charge in [-0.3, -0.25) is 9.59 Å². The maximum atomic E-state index is 12.4. The van der Waals surface area contributed by atoms with Crippen LogP contribution in [0.2, 0.25) is 0 Å². The Balaban J connectivity index is 0.000000188. The summed E-state index contributed by atoms with van der Waals surface area (Å²) in [7, 11) is 0. The molecule has 2 aromatic carbocycles. The number of hydrogen-bond acceptors (Lipinski definition) is 6. The summed E-state index contributed by atoms with van der Waals surface area (Å²) in [6.07, 6.45) is 7.06. The summed E-state index contributed by atoms with van der Waals surface area (Å²) >= 11 is 0. The van der Waals surface area contributed by atoms with Gasteiger partial charge < -0.3 is 18.6 Å². The van der Waals surface area contributed by atoms with Gasteiger partial charge in [-0.1, -0.05) is 32.0 Å². The highest BCUT2D eigenvalue weighted by atomic mass is 16.5. The van der Waals surface area contributed by atoms with E-state index >= 15 is 0 Å². The number of benzene rings is 2. The van der Waals surface area contributed by atoms with Crippen molar-refractivity contribution in [1.29, 1.82) is 0 Å². The molecule has 4 aromatic rings. The average Bonchev–Trinajstić information content (AvgIpc) is 3.06. The highest BCUT2D eigenvalue weighted by molar-refractivity contribution is 5.90. The first kappa shape index (κ1) is 34.6. The third kappa shape index (κ3) is 6.40. The number of ether oxygens (including phenoxy) is 2. The highest BCUT2D eigenvalue weighted by Gasteiger charge is 2.28. The van der Waals surface area contributed by atoms with Crippen LogP contribution in [0.4, 0.5) is 0 Å². The first-order valence-electron chi connectivity index (χ1n) is 17.0. The van der Waals surface area contributed by atoms with Crippen LogP contribution in [-0.4, -0.2) is 34.3 Å². The minimum absolute atomic E-state index is 0.117. The lowest BCUT2D eigenvalue weighted by Crippen LogP contribution is -2.26. The molecule has 0 amide bonds. The van der Waals surface area contributed by atoms with Crippen LogP contribution >= 0.6 is 0 Å². The van der Waals surface area contributed by atoms with E-state index in [2.05, 4.69) is 74.9 Å². The normalized spacial score (nSPS) is 15.6. The number of carbonyl (C=O) groups excluding carboxylic acids is 2. The summed E-state index contributed by atoms with van der Waals surface area (Å²) in [5.74, 6) is -1.09. The molecule has 2 aliphatic heterocycles. The Hall–Kier alpha value is -4.72. The van der Waals surface area contributed by atoms with E-state index in [0.717, 1.165) is 48.2 Å². The summed E-state index contributed by atoms with van der Waals surface area (Å²) in [6.45, 7) is 16.7. The monoisotopic (exact) mass is 650 g/mol. The third-order valence-corrected chi connectivity index (χ3v) is 9.92. The number of rotatable bonds is 6. The second-order valence-corrected chi connectivity index (χ2v) is 12.8. The van der Waals surface area contributed by atoms with E-state index in [1.54, 1.807) is 38.4 Å². The fraction of sp³-hybridized carbons (Fsp3) is 0.400. The van der Waals surface area contributed by atoms with E-state index in [1.165, 1.54) is 33.4 Å². The molecule has 2 unspecified atom stereocenters. The summed E-state index contributed by atoms with van der Waals surface area (Å²) in [4.78, 5) is 49.0. The fourth-order valence-electron chi connectivity index (χ4n) is 6.89. The van der Waals surface area contributed by atoms with E-state index < -0.39 is 11.9 Å². The zero-order chi connectivity index (χ0) is 34.9. The van der Waals surface area contributed by atoms with Gasteiger partial charge in [0.25, 0.3) is 0 Å². The Bertz CT molecular complexity index is 1940. The molecule has 6 rings (SSSR count). The smallest absolute Gasteiger partial charge is 0.343 e. The number of hydrogen-bond donors (Lipinski definition) is 0. The number of pyridine rings is 2. The van der Waals surface area contributed by atoms with Crippen molar-refractivity contribution in [2.24, 2.45) is 0 Å². The zero-order valence-corrected chi connectivity index (χ0v) is 29.4. The molecule has 0 radical (unpaired) electrons. The first-order chi connectivity index (χ1) is 22.9. The quantitative estimate of drug-likeness (QED) is 0.199. The molecule has 8 heteroatoms. The fourth-order valence-corrected chi connectivity index (χ4v) is 6.89. The van der Waals surface area contributed by atoms with Crippen LogP contribution in [-0.2, 0) is 22.3 Å². The van der Waals surface area contributed by atoms with Crippen LogP contribution in [0.25, 0.3) is 22.5 Å². The van der Waals surface area contributed by atoms with E-state index in [0.29, 0.717) is 0 Å². The number of esters is 2. The topological polar surface area (TPSA) is 96.6 Å². The molecule has 0 fully saturated rings. The van der Waals surface area contributed by atoms with E-state index in [9.17, 15) is 19.2 Å². The van der Waals surface area contributed by atoms with Gasteiger partial charge in [-0.05, 0) is 107 Å². The molecule has 48 heavy (non-hydrogen) atoms.